The SMILES string of the molecule is CCCC(c1nc(N)c(C)c(=O)[nH]1)N1CCNCC1. The molecule has 0 radical (unpaired) electrons. The predicted molar refractivity (Wildman–Crippen MR) is 76.1 cm³/mol. The second-order valence-electron chi connectivity index (χ2n) is 5.05. The van der Waals surface area contributed by atoms with Crippen molar-refractivity contribution in [2.24, 2.45) is 0 Å². The van der Waals surface area contributed by atoms with Crippen molar-refractivity contribution in [1.82, 2.24) is 20.2 Å². The summed E-state index contributed by atoms with van der Waals surface area (Å²) in [6, 6.07) is 0.155. The van der Waals surface area contributed by atoms with Gasteiger partial charge < -0.3 is 16.0 Å². The Kier molecular flexibility index (Phi) is 4.55. The number of aromatic nitrogens is 2. The molecule has 2 heterocycles. The van der Waals surface area contributed by atoms with Gasteiger partial charge in [-0.2, -0.15) is 0 Å². The molecular formula is C13H23N5O. The van der Waals surface area contributed by atoms with Gasteiger partial charge >= 0.3 is 0 Å². The molecule has 1 aliphatic heterocycles. The number of nitrogens with zero attached hydrogens (tertiary/aromatic N) is 2. The second kappa shape index (κ2) is 6.16. The summed E-state index contributed by atoms with van der Waals surface area (Å²) in [4.78, 5) is 21.5. The fraction of sp³-hybridized carbons (Fsp3) is 0.692. The monoisotopic (exact) mass is 265 g/mol. The van der Waals surface area contributed by atoms with Crippen LogP contribution in [0.25, 0.3) is 0 Å². The van der Waals surface area contributed by atoms with Crippen molar-refractivity contribution in [2.45, 2.75) is 32.7 Å². The number of anilines is 1. The van der Waals surface area contributed by atoms with E-state index >= 15 is 0 Å². The van der Waals surface area contributed by atoms with E-state index in [0.717, 1.165) is 39.0 Å². The lowest BCUT2D eigenvalue weighted by molar-refractivity contribution is 0.158. The molecule has 6 nitrogen and oxygen atoms in total. The van der Waals surface area contributed by atoms with Crippen LogP contribution in [0.15, 0.2) is 4.79 Å². The van der Waals surface area contributed by atoms with Gasteiger partial charge in [0.15, 0.2) is 0 Å². The van der Waals surface area contributed by atoms with Crippen LogP contribution in [0.5, 0.6) is 0 Å². The van der Waals surface area contributed by atoms with Crippen molar-refractivity contribution in [3.8, 4) is 0 Å². The molecule has 1 aromatic rings. The van der Waals surface area contributed by atoms with Crippen molar-refractivity contribution in [3.63, 3.8) is 0 Å². The van der Waals surface area contributed by atoms with Crippen LogP contribution >= 0.6 is 0 Å². The maximum atomic E-state index is 11.8. The zero-order valence-corrected chi connectivity index (χ0v) is 11.7. The zero-order chi connectivity index (χ0) is 13.8. The maximum Gasteiger partial charge on any atom is 0.255 e. The lowest BCUT2D eigenvalue weighted by atomic mass is 10.1. The molecule has 0 saturated carbocycles. The summed E-state index contributed by atoms with van der Waals surface area (Å²) < 4.78 is 0. The Morgan fingerprint density at radius 1 is 1.42 bits per heavy atom. The average molecular weight is 265 g/mol. The first-order valence-corrected chi connectivity index (χ1v) is 6.94. The Morgan fingerprint density at radius 2 is 2.11 bits per heavy atom. The predicted octanol–water partition coefficient (Wildman–Crippen LogP) is 0.407. The maximum absolute atomic E-state index is 11.8. The Labute approximate surface area is 113 Å². The number of nitrogen functional groups attached to an aromatic ring is 1. The van der Waals surface area contributed by atoms with Gasteiger partial charge in [-0.15, -0.1) is 0 Å². The third kappa shape index (κ3) is 3.13. The van der Waals surface area contributed by atoms with E-state index in [1.165, 1.54) is 0 Å². The molecule has 106 valence electrons. The molecule has 0 bridgehead atoms. The smallest absolute Gasteiger partial charge is 0.255 e. The van der Waals surface area contributed by atoms with E-state index in [9.17, 15) is 4.79 Å². The quantitative estimate of drug-likeness (QED) is 0.734. The highest BCUT2D eigenvalue weighted by Crippen LogP contribution is 2.23. The summed E-state index contributed by atoms with van der Waals surface area (Å²) in [7, 11) is 0. The molecule has 1 unspecified atom stereocenters. The standard InChI is InChI=1S/C13H23N5O/c1-3-4-10(18-7-5-15-6-8-18)12-16-11(14)9(2)13(19)17-12/h10,15H,3-8H2,1-2H3,(H3,14,16,17,19). The highest BCUT2D eigenvalue weighted by atomic mass is 16.1. The van der Waals surface area contributed by atoms with E-state index in [2.05, 4.69) is 27.1 Å². The topological polar surface area (TPSA) is 87.0 Å². The van der Waals surface area contributed by atoms with Crippen LogP contribution in [0.1, 0.15) is 37.2 Å². The van der Waals surface area contributed by atoms with Gasteiger partial charge in [-0.3, -0.25) is 9.69 Å². The number of nitrogens with one attached hydrogen (secondary N) is 2. The van der Waals surface area contributed by atoms with Crippen molar-refractivity contribution < 1.29 is 0 Å². The van der Waals surface area contributed by atoms with Gasteiger partial charge in [0.2, 0.25) is 0 Å². The minimum absolute atomic E-state index is 0.126. The summed E-state index contributed by atoms with van der Waals surface area (Å²) in [5, 5.41) is 3.34. The largest absolute Gasteiger partial charge is 0.383 e. The first kappa shape index (κ1) is 14.0. The highest BCUT2D eigenvalue weighted by Gasteiger charge is 2.24. The van der Waals surface area contributed by atoms with Gasteiger partial charge in [0.1, 0.15) is 11.6 Å². The fourth-order valence-corrected chi connectivity index (χ4v) is 2.49. The first-order valence-electron chi connectivity index (χ1n) is 6.94. The van der Waals surface area contributed by atoms with Gasteiger partial charge in [0.05, 0.1) is 11.6 Å². The number of nitrogens with two attached hydrogens (primary N) is 1. The number of hydrogen-bond donors (Lipinski definition) is 3. The van der Waals surface area contributed by atoms with Gasteiger partial charge in [-0.1, -0.05) is 13.3 Å². The molecule has 1 saturated heterocycles. The van der Waals surface area contributed by atoms with Gasteiger partial charge in [0.25, 0.3) is 5.56 Å². The second-order valence-corrected chi connectivity index (χ2v) is 5.05. The van der Waals surface area contributed by atoms with Crippen molar-refractivity contribution >= 4 is 5.82 Å². The molecule has 2 rings (SSSR count). The number of H-pyrrole nitrogens is 1. The van der Waals surface area contributed by atoms with Gasteiger partial charge in [-0.05, 0) is 13.3 Å². The van der Waals surface area contributed by atoms with Gasteiger partial charge in [0, 0.05) is 26.2 Å². The minimum Gasteiger partial charge on any atom is -0.383 e. The molecule has 1 atom stereocenters. The minimum atomic E-state index is -0.126. The molecule has 4 N–H and O–H groups in total. The van der Waals surface area contributed by atoms with Crippen molar-refractivity contribution in [1.29, 1.82) is 0 Å². The number of piperazine rings is 1. The van der Waals surface area contributed by atoms with E-state index in [1.54, 1.807) is 6.92 Å². The Hall–Kier alpha value is -1.40. The summed E-state index contributed by atoms with van der Waals surface area (Å²) in [5.41, 5.74) is 6.20. The Bertz CT molecular complexity index is 478. The summed E-state index contributed by atoms with van der Waals surface area (Å²) >= 11 is 0. The molecule has 0 aliphatic carbocycles. The van der Waals surface area contributed by atoms with Crippen molar-refractivity contribution in [2.75, 3.05) is 31.9 Å². The summed E-state index contributed by atoms with van der Waals surface area (Å²) in [5.74, 6) is 1.05. The van der Waals surface area contributed by atoms with Crippen LogP contribution < -0.4 is 16.6 Å². The van der Waals surface area contributed by atoms with Crippen LogP contribution in [0.4, 0.5) is 5.82 Å². The Morgan fingerprint density at radius 3 is 2.68 bits per heavy atom. The number of hydrogen-bond acceptors (Lipinski definition) is 5. The van der Waals surface area contributed by atoms with Crippen LogP contribution in [-0.4, -0.2) is 41.0 Å². The normalized spacial score (nSPS) is 18.4. The average Bonchev–Trinajstić information content (AvgIpc) is 2.42. The molecule has 19 heavy (non-hydrogen) atoms. The molecule has 0 spiro atoms. The summed E-state index contributed by atoms with van der Waals surface area (Å²) in [6.07, 6.45) is 2.03. The van der Waals surface area contributed by atoms with Crippen LogP contribution in [0.2, 0.25) is 0 Å². The van der Waals surface area contributed by atoms with E-state index in [-0.39, 0.29) is 11.6 Å². The Balaban J connectivity index is 2.30. The third-order valence-corrected chi connectivity index (χ3v) is 3.68. The fourth-order valence-electron chi connectivity index (χ4n) is 2.49. The molecule has 1 fully saturated rings. The van der Waals surface area contributed by atoms with E-state index in [0.29, 0.717) is 17.2 Å². The van der Waals surface area contributed by atoms with E-state index in [4.69, 9.17) is 5.73 Å². The molecule has 0 amide bonds. The molecule has 0 aromatic carbocycles. The molecule has 1 aliphatic rings. The van der Waals surface area contributed by atoms with Gasteiger partial charge in [-0.25, -0.2) is 4.98 Å². The lowest BCUT2D eigenvalue weighted by Crippen LogP contribution is -2.45. The van der Waals surface area contributed by atoms with Crippen LogP contribution in [-0.2, 0) is 0 Å². The van der Waals surface area contributed by atoms with Crippen molar-refractivity contribution in [3.05, 3.63) is 21.7 Å². The number of aromatic amines is 1. The zero-order valence-electron chi connectivity index (χ0n) is 11.7. The van der Waals surface area contributed by atoms with Crippen LogP contribution in [0, 0.1) is 6.92 Å². The highest BCUT2D eigenvalue weighted by molar-refractivity contribution is 5.36. The molecular weight excluding hydrogens is 242 g/mol. The van der Waals surface area contributed by atoms with E-state index in [1.807, 2.05) is 0 Å². The van der Waals surface area contributed by atoms with E-state index < -0.39 is 0 Å². The molecule has 6 heteroatoms. The summed E-state index contributed by atoms with van der Waals surface area (Å²) in [6.45, 7) is 7.75. The molecule has 1 aromatic heterocycles. The third-order valence-electron chi connectivity index (χ3n) is 3.68. The first-order chi connectivity index (χ1) is 9.13. The lowest BCUT2D eigenvalue weighted by Gasteiger charge is -2.34. The number of rotatable bonds is 4. The van der Waals surface area contributed by atoms with Crippen LogP contribution in [0.3, 0.4) is 0 Å².